The molecule has 0 spiro atoms. The first-order valence-electron chi connectivity index (χ1n) is 9.35. The van der Waals surface area contributed by atoms with Crippen molar-refractivity contribution in [2.45, 2.75) is 0 Å². The van der Waals surface area contributed by atoms with Crippen LogP contribution in [0.5, 0.6) is 0 Å². The lowest BCUT2D eigenvalue weighted by Gasteiger charge is -2.11. The molecule has 3 rings (SSSR count). The van der Waals surface area contributed by atoms with Crippen LogP contribution in [0.3, 0.4) is 0 Å². The number of anilines is 1. The zero-order chi connectivity index (χ0) is 28.5. The van der Waals surface area contributed by atoms with Gasteiger partial charge in [0.05, 0.1) is 53.8 Å². The number of benzene rings is 2. The van der Waals surface area contributed by atoms with Crippen molar-refractivity contribution in [2.75, 3.05) is 5.73 Å². The van der Waals surface area contributed by atoms with Gasteiger partial charge in [0, 0.05) is 6.20 Å². The molecule has 0 atom stereocenters. The number of hydrogen-bond acceptors (Lipinski definition) is 15. The van der Waals surface area contributed by atoms with Crippen LogP contribution in [-0.4, -0.2) is 39.1 Å². The fourth-order valence-electron chi connectivity index (χ4n) is 3.15. The maximum atomic E-state index is 11.7. The highest BCUT2D eigenvalue weighted by Gasteiger charge is 2.34. The minimum absolute atomic E-state index is 0.359. The Labute approximate surface area is 204 Å². The summed E-state index contributed by atoms with van der Waals surface area (Å²) in [5, 5.41) is 68.9. The number of nitrogen functional groups attached to an aromatic ring is 1. The topological polar surface area (TPSA) is 315 Å². The van der Waals surface area contributed by atoms with Gasteiger partial charge in [0.1, 0.15) is 5.49 Å². The van der Waals surface area contributed by atoms with Gasteiger partial charge >= 0.3 is 22.7 Å². The number of aromatic nitrogens is 2. The molecule has 0 saturated heterocycles. The molecule has 0 saturated carbocycles. The van der Waals surface area contributed by atoms with Gasteiger partial charge in [0.15, 0.2) is 0 Å². The van der Waals surface area contributed by atoms with Crippen LogP contribution in [-0.2, 0) is 0 Å². The summed E-state index contributed by atoms with van der Waals surface area (Å²) >= 11 is 0. The Morgan fingerprint density at radius 2 is 1.05 bits per heavy atom. The van der Waals surface area contributed by atoms with E-state index in [1.54, 1.807) is 0 Å². The molecule has 0 aliphatic rings. The van der Waals surface area contributed by atoms with Gasteiger partial charge in [-0.3, -0.25) is 65.3 Å². The largest absolute Gasteiger partial charge is 0.369 e. The quantitative estimate of drug-likeness (QED) is 0.321. The standard InChI is InChI=1S/C16H8N10O12/c17-16-18-2-1-13(19-14-9(23(31)32)3-7(21(27)28)4-10(14)24(33)34)20(16)15-11(25(35)36)5-8(22(29)30)6-12(15)26(37)38/h1-6H,(H2,17,18). The third-order valence-corrected chi connectivity index (χ3v) is 4.66. The van der Waals surface area contributed by atoms with Crippen molar-refractivity contribution in [3.63, 3.8) is 0 Å². The molecule has 2 aromatic carbocycles. The Kier molecular flexibility index (Phi) is 6.63. The highest BCUT2D eigenvalue weighted by Crippen LogP contribution is 2.41. The molecule has 2 N–H and O–H groups in total. The SMILES string of the molecule is Nc1nccc(=Nc2c([N+](=O)[O-])cc([N+](=O)[O-])cc2[N+](=O)[O-])n1-c1c([N+](=O)[O-])cc([N+](=O)[O-])cc1[N+](=O)[O-]. The van der Waals surface area contributed by atoms with E-state index in [0.29, 0.717) is 28.8 Å². The first-order chi connectivity index (χ1) is 17.7. The molecule has 0 unspecified atom stereocenters. The molecule has 0 bridgehead atoms. The maximum absolute atomic E-state index is 11.7. The number of nitro groups is 6. The maximum Gasteiger partial charge on any atom is 0.308 e. The number of hydrogen-bond donors (Lipinski definition) is 1. The van der Waals surface area contributed by atoms with E-state index in [2.05, 4.69) is 9.98 Å². The molecule has 22 nitrogen and oxygen atoms in total. The van der Waals surface area contributed by atoms with E-state index >= 15 is 0 Å². The number of nitrogens with two attached hydrogens (primary N) is 1. The lowest BCUT2D eigenvalue weighted by molar-refractivity contribution is -0.402. The predicted molar refractivity (Wildman–Crippen MR) is 120 cm³/mol. The van der Waals surface area contributed by atoms with E-state index < -0.39 is 86.5 Å². The van der Waals surface area contributed by atoms with E-state index in [0.717, 1.165) is 12.3 Å². The second-order valence-corrected chi connectivity index (χ2v) is 6.82. The van der Waals surface area contributed by atoms with E-state index in [1.807, 2.05) is 0 Å². The van der Waals surface area contributed by atoms with Gasteiger partial charge in [-0.15, -0.1) is 0 Å². The van der Waals surface area contributed by atoms with E-state index in [9.17, 15) is 60.7 Å². The smallest absolute Gasteiger partial charge is 0.308 e. The molecule has 1 aromatic heterocycles. The van der Waals surface area contributed by atoms with E-state index in [1.165, 1.54) is 0 Å². The van der Waals surface area contributed by atoms with Crippen molar-refractivity contribution >= 4 is 45.8 Å². The van der Waals surface area contributed by atoms with Crippen molar-refractivity contribution < 1.29 is 29.5 Å². The molecule has 0 radical (unpaired) electrons. The molecule has 1 heterocycles. The normalized spacial score (nSPS) is 11.1. The molecular formula is C16H8N10O12. The molecule has 3 aromatic rings. The third-order valence-electron chi connectivity index (χ3n) is 4.66. The van der Waals surface area contributed by atoms with Crippen molar-refractivity contribution in [3.8, 4) is 5.69 Å². The summed E-state index contributed by atoms with van der Waals surface area (Å²) in [5.41, 5.74) is -4.12. The first kappa shape index (κ1) is 26.1. The second-order valence-electron chi connectivity index (χ2n) is 6.82. The van der Waals surface area contributed by atoms with Crippen LogP contribution in [0.1, 0.15) is 0 Å². The van der Waals surface area contributed by atoms with Gasteiger partial charge < -0.3 is 5.73 Å². The van der Waals surface area contributed by atoms with Crippen LogP contribution >= 0.6 is 0 Å². The lowest BCUT2D eigenvalue weighted by atomic mass is 10.2. The van der Waals surface area contributed by atoms with Crippen molar-refractivity contribution in [1.29, 1.82) is 0 Å². The summed E-state index contributed by atoms with van der Waals surface area (Å²) in [6.07, 6.45) is 0.886. The summed E-state index contributed by atoms with van der Waals surface area (Å²) in [4.78, 5) is 69.1. The van der Waals surface area contributed by atoms with Gasteiger partial charge in [-0.1, -0.05) is 0 Å². The van der Waals surface area contributed by atoms with Crippen molar-refractivity contribution in [2.24, 2.45) is 4.99 Å². The summed E-state index contributed by atoms with van der Waals surface area (Å²) in [7, 11) is 0. The molecule has 0 aliphatic carbocycles. The van der Waals surface area contributed by atoms with E-state index in [4.69, 9.17) is 5.73 Å². The summed E-state index contributed by atoms with van der Waals surface area (Å²) in [5.74, 6) is -0.765. The van der Waals surface area contributed by atoms with E-state index in [-0.39, 0.29) is 0 Å². The van der Waals surface area contributed by atoms with Gasteiger partial charge in [-0.25, -0.2) is 9.98 Å². The average molecular weight is 532 g/mol. The zero-order valence-corrected chi connectivity index (χ0v) is 18.0. The Hall–Kier alpha value is -6.48. The van der Waals surface area contributed by atoms with Crippen LogP contribution in [0.25, 0.3) is 5.69 Å². The molecule has 22 heteroatoms. The summed E-state index contributed by atoms with van der Waals surface area (Å²) in [6, 6.07) is 2.29. The molecule has 0 fully saturated rings. The fraction of sp³-hybridized carbons (Fsp3) is 0. The number of rotatable bonds is 8. The van der Waals surface area contributed by atoms with Gasteiger partial charge in [-0.05, 0) is 6.07 Å². The zero-order valence-electron chi connectivity index (χ0n) is 18.0. The molecule has 194 valence electrons. The van der Waals surface area contributed by atoms with Crippen molar-refractivity contribution in [3.05, 3.63) is 103 Å². The Morgan fingerprint density at radius 3 is 1.42 bits per heavy atom. The van der Waals surface area contributed by atoms with Crippen LogP contribution < -0.4 is 11.2 Å². The summed E-state index contributed by atoms with van der Waals surface area (Å²) < 4.78 is 0.412. The van der Waals surface area contributed by atoms with Gasteiger partial charge in [-0.2, -0.15) is 0 Å². The molecule has 38 heavy (non-hydrogen) atoms. The number of nitrogens with zero attached hydrogens (tertiary/aromatic N) is 9. The molecule has 0 aliphatic heterocycles. The summed E-state index contributed by atoms with van der Waals surface area (Å²) in [6.45, 7) is 0. The van der Waals surface area contributed by atoms with Crippen LogP contribution in [0, 0.1) is 60.7 Å². The van der Waals surface area contributed by atoms with Gasteiger partial charge in [0.2, 0.25) is 17.3 Å². The third kappa shape index (κ3) is 4.69. The highest BCUT2D eigenvalue weighted by molar-refractivity contribution is 5.74. The lowest BCUT2D eigenvalue weighted by Crippen LogP contribution is -2.24. The minimum Gasteiger partial charge on any atom is -0.369 e. The van der Waals surface area contributed by atoms with Crippen LogP contribution in [0.4, 0.5) is 45.8 Å². The Balaban J connectivity index is 2.58. The highest BCUT2D eigenvalue weighted by atomic mass is 16.6. The number of non-ortho nitro benzene ring substituents is 2. The predicted octanol–water partition coefficient (Wildman–Crippen LogP) is 2.14. The molecular weight excluding hydrogens is 524 g/mol. The monoisotopic (exact) mass is 532 g/mol. The van der Waals surface area contributed by atoms with Crippen molar-refractivity contribution in [1.82, 2.24) is 9.55 Å². The minimum atomic E-state index is -1.24. The first-order valence-corrected chi connectivity index (χ1v) is 9.35. The van der Waals surface area contributed by atoms with Gasteiger partial charge in [0.25, 0.3) is 11.4 Å². The molecule has 0 amide bonds. The number of nitro benzene ring substituents is 6. The Bertz CT molecular complexity index is 1590. The Morgan fingerprint density at radius 1 is 0.658 bits per heavy atom. The van der Waals surface area contributed by atoms with Crippen LogP contribution in [0.2, 0.25) is 0 Å². The van der Waals surface area contributed by atoms with Crippen LogP contribution in [0.15, 0.2) is 41.5 Å². The fourth-order valence-corrected chi connectivity index (χ4v) is 3.15. The second kappa shape index (κ2) is 9.64. The average Bonchev–Trinajstić information content (AvgIpc) is 2.82.